The molecule has 4 rings (SSSR count). The van der Waals surface area contributed by atoms with Gasteiger partial charge in [0, 0.05) is 7.05 Å². The molecule has 1 unspecified atom stereocenters. The van der Waals surface area contributed by atoms with Gasteiger partial charge in [0.25, 0.3) is 0 Å². The number of para-hydroxylation sites is 1. The summed E-state index contributed by atoms with van der Waals surface area (Å²) in [5, 5.41) is 9.00. The third kappa shape index (κ3) is 3.69. The Hall–Kier alpha value is -2.60. The first-order chi connectivity index (χ1) is 13.6. The number of nitrogens with zero attached hydrogens (tertiary/aromatic N) is 4. The average molecular weight is 393 g/mol. The molecule has 144 valence electrons. The minimum atomic E-state index is 0.117. The van der Waals surface area contributed by atoms with Crippen molar-refractivity contribution in [3.63, 3.8) is 0 Å². The summed E-state index contributed by atoms with van der Waals surface area (Å²) in [6, 6.07) is 16.7. The maximum Gasteiger partial charge on any atom is 0.233 e. The molecule has 0 spiro atoms. The van der Waals surface area contributed by atoms with Crippen molar-refractivity contribution in [1.29, 1.82) is 0 Å². The Bertz CT molecular complexity index is 984. The fraction of sp³-hybridized carbons (Fsp3) is 0.318. The number of hydrogen-bond acceptors (Lipinski definition) is 4. The fourth-order valence-electron chi connectivity index (χ4n) is 3.85. The van der Waals surface area contributed by atoms with Gasteiger partial charge in [-0.05, 0) is 48.9 Å². The summed E-state index contributed by atoms with van der Waals surface area (Å²) in [4.78, 5) is 14.8. The molecule has 1 aliphatic rings. The van der Waals surface area contributed by atoms with Crippen LogP contribution in [0.5, 0.6) is 0 Å². The van der Waals surface area contributed by atoms with Gasteiger partial charge in [-0.1, -0.05) is 54.2 Å². The molecule has 0 bridgehead atoms. The van der Waals surface area contributed by atoms with Crippen molar-refractivity contribution in [3.8, 4) is 5.69 Å². The highest BCUT2D eigenvalue weighted by molar-refractivity contribution is 7.99. The van der Waals surface area contributed by atoms with Crippen LogP contribution < -0.4 is 0 Å². The van der Waals surface area contributed by atoms with Crippen LogP contribution in [0.1, 0.15) is 35.6 Å². The van der Waals surface area contributed by atoms with Gasteiger partial charge in [-0.15, -0.1) is 10.2 Å². The van der Waals surface area contributed by atoms with Crippen molar-refractivity contribution >= 4 is 17.7 Å². The number of rotatable bonds is 5. The second-order valence-corrected chi connectivity index (χ2v) is 8.11. The molecule has 0 saturated carbocycles. The Labute approximate surface area is 169 Å². The molecule has 1 aromatic heterocycles. The van der Waals surface area contributed by atoms with Crippen LogP contribution in [0.2, 0.25) is 0 Å². The quantitative estimate of drug-likeness (QED) is 0.611. The number of carbonyl (C=O) groups excluding carboxylic acids is 1. The molecule has 1 atom stereocenters. The van der Waals surface area contributed by atoms with E-state index in [4.69, 9.17) is 0 Å². The number of aromatic nitrogens is 3. The first kappa shape index (κ1) is 18.7. The minimum Gasteiger partial charge on any atom is -0.338 e. The highest BCUT2D eigenvalue weighted by Gasteiger charge is 2.26. The van der Waals surface area contributed by atoms with Crippen LogP contribution in [0.15, 0.2) is 60.0 Å². The van der Waals surface area contributed by atoms with E-state index in [0.717, 1.165) is 35.7 Å². The van der Waals surface area contributed by atoms with Crippen LogP contribution in [0.4, 0.5) is 0 Å². The molecule has 0 aliphatic heterocycles. The summed E-state index contributed by atoms with van der Waals surface area (Å²) < 4.78 is 1.95. The maximum absolute atomic E-state index is 12.9. The number of hydrogen-bond donors (Lipinski definition) is 0. The molecule has 0 N–H and O–H groups in total. The third-order valence-electron chi connectivity index (χ3n) is 5.41. The van der Waals surface area contributed by atoms with Crippen LogP contribution in [-0.4, -0.2) is 38.4 Å². The van der Waals surface area contributed by atoms with Crippen LogP contribution in [0.25, 0.3) is 5.69 Å². The highest BCUT2D eigenvalue weighted by Crippen LogP contribution is 2.34. The van der Waals surface area contributed by atoms with Gasteiger partial charge in [-0.2, -0.15) is 0 Å². The van der Waals surface area contributed by atoms with Gasteiger partial charge in [0.15, 0.2) is 5.16 Å². The number of carbonyl (C=O) groups is 1. The van der Waals surface area contributed by atoms with Gasteiger partial charge in [0.05, 0.1) is 17.5 Å². The van der Waals surface area contributed by atoms with E-state index in [0.29, 0.717) is 5.75 Å². The second kappa shape index (κ2) is 8.19. The lowest BCUT2D eigenvalue weighted by molar-refractivity contribution is -0.129. The van der Waals surface area contributed by atoms with E-state index in [9.17, 15) is 4.79 Å². The molecule has 6 heteroatoms. The van der Waals surface area contributed by atoms with Crippen LogP contribution >= 0.6 is 11.8 Å². The number of fused-ring (bicyclic) bond motifs is 1. The number of aryl methyl sites for hydroxylation is 2. The molecule has 1 heterocycles. The molecule has 2 aromatic carbocycles. The molecule has 0 saturated heterocycles. The van der Waals surface area contributed by atoms with Crippen molar-refractivity contribution in [2.45, 2.75) is 37.4 Å². The predicted molar refractivity (Wildman–Crippen MR) is 112 cm³/mol. The summed E-state index contributed by atoms with van der Waals surface area (Å²) >= 11 is 1.44. The summed E-state index contributed by atoms with van der Waals surface area (Å²) in [6.07, 6.45) is 4.94. The monoisotopic (exact) mass is 392 g/mol. The van der Waals surface area contributed by atoms with E-state index in [-0.39, 0.29) is 11.9 Å². The zero-order valence-electron chi connectivity index (χ0n) is 16.2. The zero-order chi connectivity index (χ0) is 19.5. The van der Waals surface area contributed by atoms with E-state index in [1.54, 1.807) is 6.33 Å². The van der Waals surface area contributed by atoms with Crippen molar-refractivity contribution in [1.82, 2.24) is 19.7 Å². The standard InChI is InChI=1S/C22H24N4OS/c1-16-8-3-6-12-19(16)26-15-23-24-22(26)28-14-21(27)25(2)20-13-7-10-17-9-4-5-11-18(17)20/h3-6,8-9,11-12,15,20H,7,10,13-14H2,1-2H3. The lowest BCUT2D eigenvalue weighted by atomic mass is 9.87. The van der Waals surface area contributed by atoms with Crippen molar-refractivity contribution < 1.29 is 4.79 Å². The van der Waals surface area contributed by atoms with E-state index < -0.39 is 0 Å². The first-order valence-corrected chi connectivity index (χ1v) is 10.6. The third-order valence-corrected chi connectivity index (χ3v) is 6.34. The van der Waals surface area contributed by atoms with E-state index >= 15 is 0 Å². The molecule has 5 nitrogen and oxygen atoms in total. The smallest absolute Gasteiger partial charge is 0.233 e. The fourth-order valence-corrected chi connectivity index (χ4v) is 4.70. The summed E-state index contributed by atoms with van der Waals surface area (Å²) in [5.74, 6) is 0.464. The summed E-state index contributed by atoms with van der Waals surface area (Å²) in [5.41, 5.74) is 4.84. The molecular weight excluding hydrogens is 368 g/mol. The predicted octanol–water partition coefficient (Wildman–Crippen LogP) is 4.20. The zero-order valence-corrected chi connectivity index (χ0v) is 17.0. The number of benzene rings is 2. The summed E-state index contributed by atoms with van der Waals surface area (Å²) in [6.45, 7) is 2.06. The molecule has 0 radical (unpaired) electrons. The molecule has 28 heavy (non-hydrogen) atoms. The van der Waals surface area contributed by atoms with Crippen molar-refractivity contribution in [2.75, 3.05) is 12.8 Å². The Morgan fingerprint density at radius 2 is 2.00 bits per heavy atom. The van der Waals surface area contributed by atoms with Gasteiger partial charge >= 0.3 is 0 Å². The SMILES string of the molecule is Cc1ccccc1-n1cnnc1SCC(=O)N(C)C1CCCc2ccccc21. The molecule has 1 amide bonds. The van der Waals surface area contributed by atoms with Gasteiger partial charge < -0.3 is 4.90 Å². The topological polar surface area (TPSA) is 51.0 Å². The van der Waals surface area contributed by atoms with Crippen LogP contribution in [-0.2, 0) is 11.2 Å². The van der Waals surface area contributed by atoms with E-state index in [1.165, 1.54) is 22.9 Å². The van der Waals surface area contributed by atoms with Crippen molar-refractivity contribution in [3.05, 3.63) is 71.5 Å². The first-order valence-electron chi connectivity index (χ1n) is 9.57. The van der Waals surface area contributed by atoms with Crippen molar-refractivity contribution in [2.24, 2.45) is 0 Å². The largest absolute Gasteiger partial charge is 0.338 e. The van der Waals surface area contributed by atoms with Gasteiger partial charge in [0.2, 0.25) is 5.91 Å². The Balaban J connectivity index is 1.46. The Morgan fingerprint density at radius 3 is 2.86 bits per heavy atom. The normalized spacial score (nSPS) is 15.9. The number of amides is 1. The van der Waals surface area contributed by atoms with Gasteiger partial charge in [-0.3, -0.25) is 9.36 Å². The lowest BCUT2D eigenvalue weighted by Gasteiger charge is -2.33. The second-order valence-electron chi connectivity index (χ2n) is 7.17. The lowest BCUT2D eigenvalue weighted by Crippen LogP contribution is -2.34. The highest BCUT2D eigenvalue weighted by atomic mass is 32.2. The number of thioether (sulfide) groups is 1. The van der Waals surface area contributed by atoms with Crippen LogP contribution in [0.3, 0.4) is 0 Å². The average Bonchev–Trinajstić information content (AvgIpc) is 3.19. The Kier molecular flexibility index (Phi) is 5.48. The maximum atomic E-state index is 12.9. The minimum absolute atomic E-state index is 0.117. The Morgan fingerprint density at radius 1 is 1.21 bits per heavy atom. The van der Waals surface area contributed by atoms with Crippen LogP contribution in [0, 0.1) is 6.92 Å². The summed E-state index contributed by atoms with van der Waals surface area (Å²) in [7, 11) is 1.92. The van der Waals surface area contributed by atoms with Gasteiger partial charge in [0.1, 0.15) is 6.33 Å². The van der Waals surface area contributed by atoms with E-state index in [2.05, 4.69) is 47.5 Å². The molecular formula is C22H24N4OS. The van der Waals surface area contributed by atoms with Gasteiger partial charge in [-0.25, -0.2) is 0 Å². The van der Waals surface area contributed by atoms with E-state index in [1.807, 2.05) is 34.7 Å². The molecule has 0 fully saturated rings. The molecule has 1 aliphatic carbocycles. The molecule has 3 aromatic rings.